The standard InChI is InChI=1S/C8H7NO2S/c10-8-7(12-9-11-8)6-4-2-1-3-5-6/h1-5,8,11H. The molecule has 0 aromatic heterocycles. The molecule has 0 bridgehead atoms. The van der Waals surface area contributed by atoms with Gasteiger partial charge in [0.15, 0.2) is 17.8 Å². The average Bonchev–Trinajstić information content (AvgIpc) is 2.53. The third-order valence-corrected chi connectivity index (χ3v) is 2.38. The second kappa shape index (κ2) is 3.28. The topological polar surface area (TPSA) is 50.0 Å². The highest BCUT2D eigenvalue weighted by molar-refractivity contribution is 7.81. The van der Waals surface area contributed by atoms with Crippen LogP contribution in [-0.4, -0.2) is 16.0 Å². The highest BCUT2D eigenvalue weighted by Crippen LogP contribution is 2.09. The predicted molar refractivity (Wildman–Crippen MR) is 47.3 cm³/mol. The third-order valence-electron chi connectivity index (χ3n) is 1.57. The van der Waals surface area contributed by atoms with Crippen molar-refractivity contribution in [3.05, 3.63) is 40.8 Å². The van der Waals surface area contributed by atoms with Crippen LogP contribution in [0.2, 0.25) is 0 Å². The Morgan fingerprint density at radius 1 is 1.33 bits per heavy atom. The second-order valence-corrected chi connectivity index (χ2v) is 3.16. The lowest BCUT2D eigenvalue weighted by Gasteiger charge is -2.09. The van der Waals surface area contributed by atoms with Gasteiger partial charge in [0.2, 0.25) is 0 Å². The van der Waals surface area contributed by atoms with E-state index in [9.17, 15) is 5.11 Å². The normalized spacial score (nSPS) is 22.4. The van der Waals surface area contributed by atoms with Crippen molar-refractivity contribution in [2.24, 2.45) is 0 Å². The molecule has 0 saturated carbocycles. The summed E-state index contributed by atoms with van der Waals surface area (Å²) in [5.74, 6) is 0. The van der Waals surface area contributed by atoms with Crippen LogP contribution in [0.5, 0.6) is 0 Å². The number of hydrogen-bond donors (Lipinski definition) is 0. The summed E-state index contributed by atoms with van der Waals surface area (Å²) in [4.78, 5) is 7.79. The van der Waals surface area contributed by atoms with Gasteiger partial charge in [0.1, 0.15) is 0 Å². The van der Waals surface area contributed by atoms with E-state index >= 15 is 0 Å². The van der Waals surface area contributed by atoms with Crippen LogP contribution in [0.15, 0.2) is 30.3 Å². The molecule has 1 aromatic carbocycles. The quantitative estimate of drug-likeness (QED) is 0.334. The zero-order valence-corrected chi connectivity index (χ0v) is 6.99. The van der Waals surface area contributed by atoms with Gasteiger partial charge in [0.05, 0.1) is 0 Å². The zero-order valence-electron chi connectivity index (χ0n) is 6.18. The van der Waals surface area contributed by atoms with E-state index in [0.29, 0.717) is 4.86 Å². The minimum atomic E-state index is -1.02. The molecule has 62 valence electrons. The molecular weight excluding hydrogens is 174 g/mol. The summed E-state index contributed by atoms with van der Waals surface area (Å²) in [6.45, 7) is 0. The molecule has 1 aliphatic rings. The fourth-order valence-electron chi connectivity index (χ4n) is 1.01. The maximum absolute atomic E-state index is 11.1. The zero-order chi connectivity index (χ0) is 8.39. The molecule has 4 heteroatoms. The van der Waals surface area contributed by atoms with Gasteiger partial charge in [-0.25, -0.2) is 0 Å². The lowest BCUT2D eigenvalue weighted by Crippen LogP contribution is -2.35. The summed E-state index contributed by atoms with van der Waals surface area (Å²) in [6, 6.07) is 9.49. The second-order valence-electron chi connectivity index (χ2n) is 2.37. The first kappa shape index (κ1) is 7.82. The van der Waals surface area contributed by atoms with Crippen LogP contribution in [0.1, 0.15) is 5.56 Å². The number of nitrogens with zero attached hydrogens (tertiary/aromatic N) is 1. The Bertz CT molecular complexity index is 299. The molecule has 1 aromatic rings. The molecule has 1 unspecified atom stereocenters. The van der Waals surface area contributed by atoms with Gasteiger partial charge < -0.3 is 9.94 Å². The fourth-order valence-corrected chi connectivity index (χ4v) is 1.61. The maximum atomic E-state index is 11.1. The summed E-state index contributed by atoms with van der Waals surface area (Å²) in [7, 11) is 0. The van der Waals surface area contributed by atoms with E-state index in [2.05, 4.69) is 9.72 Å². The SMILES string of the molecule is [O-]C1[OH+][N-][S+]=C1c1ccccc1. The lowest BCUT2D eigenvalue weighted by atomic mass is 10.1. The van der Waals surface area contributed by atoms with Crippen molar-refractivity contribution in [1.82, 2.24) is 0 Å². The molecule has 0 fully saturated rings. The van der Waals surface area contributed by atoms with E-state index in [-0.39, 0.29) is 0 Å². The van der Waals surface area contributed by atoms with Crippen LogP contribution in [0, 0.1) is 0 Å². The van der Waals surface area contributed by atoms with Crippen LogP contribution in [0.4, 0.5) is 0 Å². The number of hydrogen-bond acceptors (Lipinski definition) is 1. The average molecular weight is 181 g/mol. The van der Waals surface area contributed by atoms with E-state index in [0.717, 1.165) is 5.56 Å². The van der Waals surface area contributed by atoms with E-state index in [1.54, 1.807) is 0 Å². The van der Waals surface area contributed by atoms with Crippen LogP contribution >= 0.6 is 0 Å². The summed E-state index contributed by atoms with van der Waals surface area (Å²) < 4.78 is 0. The number of aliphatic hydroxyl groups is 1. The van der Waals surface area contributed by atoms with Crippen molar-refractivity contribution in [2.45, 2.75) is 6.29 Å². The minimum Gasteiger partial charge on any atom is -0.781 e. The molecule has 0 aliphatic carbocycles. The Hall–Kier alpha value is -0.810. The molecule has 0 amide bonds. The predicted octanol–water partition coefficient (Wildman–Crippen LogP) is -0.279. The van der Waals surface area contributed by atoms with Gasteiger partial charge in [-0.1, -0.05) is 23.1 Å². The molecule has 12 heavy (non-hydrogen) atoms. The Morgan fingerprint density at radius 2 is 2.08 bits per heavy atom. The van der Waals surface area contributed by atoms with Gasteiger partial charge in [0, 0.05) is 5.56 Å². The van der Waals surface area contributed by atoms with Gasteiger partial charge in [-0.3, -0.25) is 0 Å². The lowest BCUT2D eigenvalue weighted by molar-refractivity contribution is -0.483. The number of benzene rings is 1. The van der Waals surface area contributed by atoms with Crippen molar-refractivity contribution in [1.29, 1.82) is 0 Å². The summed E-state index contributed by atoms with van der Waals surface area (Å²) in [5, 5.41) is 11.1. The molecule has 0 saturated heterocycles. The van der Waals surface area contributed by atoms with Gasteiger partial charge in [0.25, 0.3) is 4.86 Å². The third kappa shape index (κ3) is 1.37. The Kier molecular flexibility index (Phi) is 2.14. The molecule has 1 N–H and O–H groups in total. The van der Waals surface area contributed by atoms with Crippen molar-refractivity contribution in [3.63, 3.8) is 0 Å². The Morgan fingerprint density at radius 3 is 2.67 bits per heavy atom. The summed E-state index contributed by atoms with van der Waals surface area (Å²) in [5.41, 5.74) is 0.924. The summed E-state index contributed by atoms with van der Waals surface area (Å²) >= 11 is 1.17. The van der Waals surface area contributed by atoms with Crippen molar-refractivity contribution < 1.29 is 9.94 Å². The van der Waals surface area contributed by atoms with Crippen LogP contribution in [0.25, 0.3) is 4.89 Å². The van der Waals surface area contributed by atoms with Crippen LogP contribution in [0.3, 0.4) is 0 Å². The molecule has 2 rings (SSSR count). The molecule has 1 heterocycles. The Labute approximate surface area is 74.0 Å². The fraction of sp³-hybridized carbons (Fsp3) is 0.125. The van der Waals surface area contributed by atoms with Gasteiger partial charge in [-0.05, 0) is 12.1 Å². The molecule has 1 aliphatic heterocycles. The summed E-state index contributed by atoms with van der Waals surface area (Å²) in [6.07, 6.45) is -1.02. The first-order valence-electron chi connectivity index (χ1n) is 3.53. The first-order valence-corrected chi connectivity index (χ1v) is 4.30. The van der Waals surface area contributed by atoms with E-state index in [1.165, 1.54) is 11.5 Å². The largest absolute Gasteiger partial charge is 0.781 e. The van der Waals surface area contributed by atoms with Crippen molar-refractivity contribution >= 4 is 16.4 Å². The molecule has 1 atom stereocenters. The maximum Gasteiger partial charge on any atom is 0.263 e. The van der Waals surface area contributed by atoms with Crippen LogP contribution in [-0.2, 0) is 11.5 Å². The molecule has 0 spiro atoms. The van der Waals surface area contributed by atoms with E-state index in [1.807, 2.05) is 30.3 Å². The van der Waals surface area contributed by atoms with Crippen molar-refractivity contribution in [2.75, 3.05) is 0 Å². The molecule has 0 radical (unpaired) electrons. The Balaban J connectivity index is 2.31. The highest BCUT2D eigenvalue weighted by atomic mass is 32.1. The first-order chi connectivity index (χ1) is 5.88. The van der Waals surface area contributed by atoms with E-state index < -0.39 is 6.29 Å². The number of rotatable bonds is 1. The molecular formula is C8H7NO2S. The van der Waals surface area contributed by atoms with Gasteiger partial charge in [-0.15, -0.1) is 0 Å². The van der Waals surface area contributed by atoms with Crippen molar-refractivity contribution in [3.8, 4) is 0 Å². The highest BCUT2D eigenvalue weighted by Gasteiger charge is 2.23. The van der Waals surface area contributed by atoms with Gasteiger partial charge >= 0.3 is 0 Å². The van der Waals surface area contributed by atoms with Crippen LogP contribution < -0.4 is 5.11 Å². The van der Waals surface area contributed by atoms with Gasteiger partial charge in [-0.2, -0.15) is 0 Å². The molecule has 3 nitrogen and oxygen atoms in total. The van der Waals surface area contributed by atoms with E-state index in [4.69, 9.17) is 0 Å². The minimum absolute atomic E-state index is 0.690. The smallest absolute Gasteiger partial charge is 0.263 e. The monoisotopic (exact) mass is 181 g/mol.